The maximum atomic E-state index is 13.6. The summed E-state index contributed by atoms with van der Waals surface area (Å²) in [5, 5.41) is 0. The summed E-state index contributed by atoms with van der Waals surface area (Å²) in [6.45, 7) is 0.142. The van der Waals surface area contributed by atoms with Gasteiger partial charge >= 0.3 is 0 Å². The van der Waals surface area contributed by atoms with Crippen molar-refractivity contribution in [1.29, 1.82) is 0 Å². The van der Waals surface area contributed by atoms with E-state index in [2.05, 4.69) is 4.72 Å². The Kier molecular flexibility index (Phi) is 3.89. The highest BCUT2D eigenvalue weighted by Gasteiger charge is 2.37. The van der Waals surface area contributed by atoms with Crippen LogP contribution in [-0.4, -0.2) is 20.5 Å². The van der Waals surface area contributed by atoms with Gasteiger partial charge in [0.15, 0.2) is 11.6 Å². The van der Waals surface area contributed by atoms with Crippen molar-refractivity contribution in [2.24, 2.45) is 5.73 Å². The highest BCUT2D eigenvalue weighted by atomic mass is 32.2. The van der Waals surface area contributed by atoms with E-state index in [0.29, 0.717) is 12.8 Å². The lowest BCUT2D eigenvalue weighted by Crippen LogP contribution is -2.51. The topological polar surface area (TPSA) is 72.2 Å². The number of nitrogens with two attached hydrogens (primary N) is 1. The molecular weight excluding hydrogens is 274 g/mol. The largest absolute Gasteiger partial charge is 0.329 e. The summed E-state index contributed by atoms with van der Waals surface area (Å²) >= 11 is 0. The van der Waals surface area contributed by atoms with Gasteiger partial charge in [-0.2, -0.15) is 0 Å². The first-order valence-corrected chi connectivity index (χ1v) is 7.57. The van der Waals surface area contributed by atoms with Crippen molar-refractivity contribution in [3.8, 4) is 0 Å². The fraction of sp³-hybridized carbons (Fsp3) is 0.500. The summed E-state index contributed by atoms with van der Waals surface area (Å²) in [4.78, 5) is -0.674. The third-order valence-corrected chi connectivity index (χ3v) is 5.10. The van der Waals surface area contributed by atoms with Gasteiger partial charge in [-0.25, -0.2) is 21.9 Å². The van der Waals surface area contributed by atoms with Crippen LogP contribution >= 0.6 is 0 Å². The molecule has 0 aliphatic heterocycles. The maximum Gasteiger partial charge on any atom is 0.244 e. The minimum Gasteiger partial charge on any atom is -0.329 e. The molecule has 1 aromatic rings. The van der Waals surface area contributed by atoms with Crippen LogP contribution in [0, 0.1) is 11.6 Å². The lowest BCUT2D eigenvalue weighted by molar-refractivity contribution is 0.397. The van der Waals surface area contributed by atoms with E-state index in [-0.39, 0.29) is 6.54 Å². The molecule has 19 heavy (non-hydrogen) atoms. The van der Waals surface area contributed by atoms with Crippen LogP contribution in [0.25, 0.3) is 0 Å². The summed E-state index contributed by atoms with van der Waals surface area (Å²) in [7, 11) is -4.11. The average molecular weight is 290 g/mol. The Morgan fingerprint density at radius 2 is 1.89 bits per heavy atom. The van der Waals surface area contributed by atoms with E-state index in [1.54, 1.807) is 0 Å². The quantitative estimate of drug-likeness (QED) is 0.883. The van der Waals surface area contributed by atoms with E-state index < -0.39 is 32.1 Å². The molecule has 0 heterocycles. The normalized spacial score (nSPS) is 18.7. The highest BCUT2D eigenvalue weighted by Crippen LogP contribution is 2.30. The first-order chi connectivity index (χ1) is 8.90. The predicted octanol–water partition coefficient (Wildman–Crippen LogP) is 1.51. The van der Waals surface area contributed by atoms with E-state index in [9.17, 15) is 17.2 Å². The molecule has 2 rings (SSSR count). The molecular formula is C12H16F2N2O2S. The summed E-state index contributed by atoms with van der Waals surface area (Å²) in [5.74, 6) is -2.55. The van der Waals surface area contributed by atoms with Crippen molar-refractivity contribution < 1.29 is 17.2 Å². The van der Waals surface area contributed by atoms with Gasteiger partial charge in [-0.05, 0) is 25.0 Å². The Morgan fingerprint density at radius 3 is 2.47 bits per heavy atom. The molecule has 3 N–H and O–H groups in total. The lowest BCUT2D eigenvalue weighted by Gasteiger charge is -2.28. The van der Waals surface area contributed by atoms with Gasteiger partial charge in [-0.15, -0.1) is 0 Å². The van der Waals surface area contributed by atoms with Crippen molar-refractivity contribution in [3.05, 3.63) is 29.8 Å². The van der Waals surface area contributed by atoms with Gasteiger partial charge < -0.3 is 5.73 Å². The van der Waals surface area contributed by atoms with Crippen molar-refractivity contribution in [3.63, 3.8) is 0 Å². The number of nitrogens with one attached hydrogen (secondary N) is 1. The Labute approximate surface area is 111 Å². The predicted molar refractivity (Wildman–Crippen MR) is 66.9 cm³/mol. The maximum absolute atomic E-state index is 13.6. The number of hydrogen-bond donors (Lipinski definition) is 2. The van der Waals surface area contributed by atoms with Crippen LogP contribution < -0.4 is 10.5 Å². The Bertz CT molecular complexity index is 569. The zero-order valence-electron chi connectivity index (χ0n) is 10.3. The second-order valence-electron chi connectivity index (χ2n) is 4.85. The molecule has 1 fully saturated rings. The summed E-state index contributed by atoms with van der Waals surface area (Å²) in [6.07, 6.45) is 2.95. The van der Waals surface area contributed by atoms with E-state index in [0.717, 1.165) is 31.0 Å². The average Bonchev–Trinajstić information content (AvgIpc) is 2.81. The molecule has 106 valence electrons. The van der Waals surface area contributed by atoms with Gasteiger partial charge in [0.25, 0.3) is 0 Å². The van der Waals surface area contributed by atoms with E-state index in [4.69, 9.17) is 5.73 Å². The smallest absolute Gasteiger partial charge is 0.244 e. The van der Waals surface area contributed by atoms with Crippen LogP contribution in [0.15, 0.2) is 23.1 Å². The van der Waals surface area contributed by atoms with Crippen molar-refractivity contribution >= 4 is 10.0 Å². The number of hydrogen-bond acceptors (Lipinski definition) is 3. The first kappa shape index (κ1) is 14.4. The third-order valence-electron chi connectivity index (χ3n) is 3.51. The van der Waals surface area contributed by atoms with Crippen LogP contribution in [0.4, 0.5) is 8.78 Å². The molecule has 0 bridgehead atoms. The van der Waals surface area contributed by atoms with Crippen LogP contribution in [-0.2, 0) is 10.0 Å². The van der Waals surface area contributed by atoms with E-state index >= 15 is 0 Å². The summed E-state index contributed by atoms with van der Waals surface area (Å²) in [5.41, 5.74) is 4.89. The zero-order valence-corrected chi connectivity index (χ0v) is 11.1. The van der Waals surface area contributed by atoms with E-state index in [1.165, 1.54) is 0 Å². The molecule has 0 spiro atoms. The SMILES string of the molecule is NCC1(NS(=O)(=O)c2cccc(F)c2F)CCCC1. The second-order valence-corrected chi connectivity index (χ2v) is 6.50. The molecule has 0 atom stereocenters. The molecule has 0 saturated heterocycles. The van der Waals surface area contributed by atoms with Gasteiger partial charge in [-0.3, -0.25) is 0 Å². The lowest BCUT2D eigenvalue weighted by atomic mass is 10.0. The van der Waals surface area contributed by atoms with Gasteiger partial charge in [0.1, 0.15) is 4.90 Å². The van der Waals surface area contributed by atoms with Crippen molar-refractivity contribution in [2.45, 2.75) is 36.1 Å². The Morgan fingerprint density at radius 1 is 1.26 bits per heavy atom. The zero-order chi connectivity index (χ0) is 14.1. The molecule has 0 aromatic heterocycles. The van der Waals surface area contributed by atoms with Gasteiger partial charge in [0, 0.05) is 12.1 Å². The standard InChI is InChI=1S/C12H16F2N2O2S/c13-9-4-3-5-10(11(9)14)19(17,18)16-12(8-15)6-1-2-7-12/h3-5,16H,1-2,6-8,15H2. The Hall–Kier alpha value is -1.05. The Balaban J connectivity index is 2.35. The molecule has 1 saturated carbocycles. The molecule has 1 aromatic carbocycles. The van der Waals surface area contributed by atoms with Crippen LogP contribution in [0.5, 0.6) is 0 Å². The van der Waals surface area contributed by atoms with Gasteiger partial charge in [0.2, 0.25) is 10.0 Å². The summed E-state index contributed by atoms with van der Waals surface area (Å²) in [6, 6.07) is 3.08. The molecule has 7 heteroatoms. The molecule has 0 amide bonds. The van der Waals surface area contributed by atoms with Crippen molar-refractivity contribution in [2.75, 3.05) is 6.54 Å². The first-order valence-electron chi connectivity index (χ1n) is 6.08. The highest BCUT2D eigenvalue weighted by molar-refractivity contribution is 7.89. The summed E-state index contributed by atoms with van der Waals surface area (Å²) < 4.78 is 53.4. The second kappa shape index (κ2) is 5.15. The molecule has 0 unspecified atom stereocenters. The van der Waals surface area contributed by atoms with Crippen molar-refractivity contribution in [1.82, 2.24) is 4.72 Å². The monoisotopic (exact) mass is 290 g/mol. The third kappa shape index (κ3) is 2.77. The number of benzene rings is 1. The minimum absolute atomic E-state index is 0.142. The minimum atomic E-state index is -4.11. The molecule has 4 nitrogen and oxygen atoms in total. The fourth-order valence-electron chi connectivity index (χ4n) is 2.43. The number of rotatable bonds is 4. The van der Waals surface area contributed by atoms with E-state index in [1.807, 2.05) is 0 Å². The molecule has 1 aliphatic rings. The molecule has 1 aliphatic carbocycles. The van der Waals surface area contributed by atoms with Crippen LogP contribution in [0.1, 0.15) is 25.7 Å². The van der Waals surface area contributed by atoms with Crippen LogP contribution in [0.2, 0.25) is 0 Å². The van der Waals surface area contributed by atoms with Gasteiger partial charge in [0.05, 0.1) is 0 Å². The number of halogens is 2. The fourth-order valence-corrected chi connectivity index (χ4v) is 3.99. The molecule has 0 radical (unpaired) electrons. The van der Waals surface area contributed by atoms with Crippen LogP contribution in [0.3, 0.4) is 0 Å². The number of sulfonamides is 1. The van der Waals surface area contributed by atoms with Gasteiger partial charge in [-0.1, -0.05) is 18.9 Å².